The highest BCUT2D eigenvalue weighted by atomic mass is 16.6. The Morgan fingerprint density at radius 1 is 1.36 bits per heavy atom. The maximum atomic E-state index is 9.75. The number of rotatable bonds is 4. The minimum absolute atomic E-state index is 0.0438. The van der Waals surface area contributed by atoms with Gasteiger partial charge in [-0.1, -0.05) is 24.3 Å². The van der Waals surface area contributed by atoms with E-state index in [-0.39, 0.29) is 12.7 Å². The topological polar surface area (TPSA) is 53.0 Å². The van der Waals surface area contributed by atoms with Gasteiger partial charge in [-0.2, -0.15) is 0 Å². The summed E-state index contributed by atoms with van der Waals surface area (Å²) in [5, 5.41) is 18.6. The standard InChI is InChI=1S/C11H14O3/c12-6-8-1-3-9(4-2-8)11(13)5-10-7-14-10/h1-4,10-13H,5-7H2. The van der Waals surface area contributed by atoms with Crippen molar-refractivity contribution in [2.75, 3.05) is 6.61 Å². The summed E-state index contributed by atoms with van der Waals surface area (Å²) in [4.78, 5) is 0. The van der Waals surface area contributed by atoms with Gasteiger partial charge in [0.15, 0.2) is 0 Å². The third kappa shape index (κ3) is 2.32. The third-order valence-corrected chi connectivity index (χ3v) is 2.44. The fraction of sp³-hybridized carbons (Fsp3) is 0.455. The van der Waals surface area contributed by atoms with Crippen molar-refractivity contribution < 1.29 is 14.9 Å². The zero-order valence-corrected chi connectivity index (χ0v) is 7.89. The molecule has 1 fully saturated rings. The molecule has 2 N–H and O–H groups in total. The Morgan fingerprint density at radius 3 is 2.50 bits per heavy atom. The van der Waals surface area contributed by atoms with Crippen molar-refractivity contribution in [1.29, 1.82) is 0 Å². The molecule has 0 radical (unpaired) electrons. The minimum Gasteiger partial charge on any atom is -0.392 e. The fourth-order valence-electron chi connectivity index (χ4n) is 1.43. The first kappa shape index (κ1) is 9.65. The molecular weight excluding hydrogens is 180 g/mol. The van der Waals surface area contributed by atoms with Gasteiger partial charge in [-0.15, -0.1) is 0 Å². The van der Waals surface area contributed by atoms with Crippen LogP contribution in [-0.4, -0.2) is 22.9 Å². The molecule has 1 saturated heterocycles. The van der Waals surface area contributed by atoms with Crippen molar-refractivity contribution in [2.24, 2.45) is 0 Å². The second-order valence-corrected chi connectivity index (χ2v) is 3.61. The number of hydrogen-bond acceptors (Lipinski definition) is 3. The predicted molar refractivity (Wildman–Crippen MR) is 51.7 cm³/mol. The zero-order chi connectivity index (χ0) is 9.97. The van der Waals surface area contributed by atoms with Crippen LogP contribution in [0.15, 0.2) is 24.3 Å². The van der Waals surface area contributed by atoms with Gasteiger partial charge in [0.1, 0.15) is 0 Å². The van der Waals surface area contributed by atoms with Crippen LogP contribution in [-0.2, 0) is 11.3 Å². The summed E-state index contributed by atoms with van der Waals surface area (Å²) in [6.07, 6.45) is 0.455. The van der Waals surface area contributed by atoms with Gasteiger partial charge in [0, 0.05) is 6.42 Å². The van der Waals surface area contributed by atoms with Gasteiger partial charge in [-0.25, -0.2) is 0 Å². The molecule has 1 aliphatic heterocycles. The number of epoxide rings is 1. The van der Waals surface area contributed by atoms with E-state index in [1.807, 2.05) is 24.3 Å². The minimum atomic E-state index is -0.449. The SMILES string of the molecule is OCc1ccc(C(O)CC2CO2)cc1. The summed E-state index contributed by atoms with van der Waals surface area (Å²) < 4.78 is 5.05. The highest BCUT2D eigenvalue weighted by Gasteiger charge is 2.26. The molecule has 14 heavy (non-hydrogen) atoms. The van der Waals surface area contributed by atoms with Gasteiger partial charge in [0.2, 0.25) is 0 Å². The molecule has 0 spiro atoms. The number of aliphatic hydroxyl groups excluding tert-OH is 2. The molecule has 1 heterocycles. The van der Waals surface area contributed by atoms with Crippen molar-refractivity contribution >= 4 is 0 Å². The van der Waals surface area contributed by atoms with E-state index in [0.717, 1.165) is 17.7 Å². The van der Waals surface area contributed by atoms with E-state index in [1.165, 1.54) is 0 Å². The summed E-state index contributed by atoms with van der Waals surface area (Å²) in [6.45, 7) is 0.813. The van der Waals surface area contributed by atoms with Crippen LogP contribution in [0, 0.1) is 0 Å². The first-order valence-electron chi connectivity index (χ1n) is 4.79. The zero-order valence-electron chi connectivity index (χ0n) is 7.89. The van der Waals surface area contributed by atoms with Gasteiger partial charge in [-0.3, -0.25) is 0 Å². The lowest BCUT2D eigenvalue weighted by atomic mass is 10.0. The van der Waals surface area contributed by atoms with Crippen molar-refractivity contribution in [3.8, 4) is 0 Å². The van der Waals surface area contributed by atoms with Crippen LogP contribution in [0.2, 0.25) is 0 Å². The Labute approximate surface area is 83.0 Å². The number of benzene rings is 1. The van der Waals surface area contributed by atoms with Gasteiger partial charge in [0.25, 0.3) is 0 Å². The van der Waals surface area contributed by atoms with E-state index < -0.39 is 6.10 Å². The lowest BCUT2D eigenvalue weighted by Crippen LogP contribution is -2.01. The maximum absolute atomic E-state index is 9.75. The second kappa shape index (κ2) is 4.09. The molecule has 2 rings (SSSR count). The van der Waals surface area contributed by atoms with E-state index in [0.29, 0.717) is 6.42 Å². The van der Waals surface area contributed by atoms with E-state index in [9.17, 15) is 5.11 Å². The van der Waals surface area contributed by atoms with Crippen LogP contribution in [0.3, 0.4) is 0 Å². The van der Waals surface area contributed by atoms with Crippen LogP contribution in [0.25, 0.3) is 0 Å². The molecule has 0 aromatic heterocycles. The predicted octanol–water partition coefficient (Wildman–Crippen LogP) is 1.00. The lowest BCUT2D eigenvalue weighted by molar-refractivity contribution is 0.154. The molecule has 1 aromatic carbocycles. The van der Waals surface area contributed by atoms with Crippen LogP contribution < -0.4 is 0 Å². The smallest absolute Gasteiger partial charge is 0.0837 e. The summed E-state index contributed by atoms with van der Waals surface area (Å²) in [7, 11) is 0. The van der Waals surface area contributed by atoms with Gasteiger partial charge < -0.3 is 14.9 Å². The van der Waals surface area contributed by atoms with Crippen LogP contribution >= 0.6 is 0 Å². The highest BCUT2D eigenvalue weighted by molar-refractivity contribution is 5.23. The van der Waals surface area contributed by atoms with Gasteiger partial charge in [-0.05, 0) is 11.1 Å². The second-order valence-electron chi connectivity index (χ2n) is 3.61. The highest BCUT2D eigenvalue weighted by Crippen LogP contribution is 2.25. The Morgan fingerprint density at radius 2 is 2.00 bits per heavy atom. The normalized spacial score (nSPS) is 22.0. The van der Waals surface area contributed by atoms with Crippen molar-refractivity contribution in [3.63, 3.8) is 0 Å². The Balaban J connectivity index is 1.99. The average Bonchev–Trinajstić information content (AvgIpc) is 3.02. The van der Waals surface area contributed by atoms with Crippen LogP contribution in [0.4, 0.5) is 0 Å². The summed E-state index contributed by atoms with van der Waals surface area (Å²) >= 11 is 0. The molecule has 76 valence electrons. The van der Waals surface area contributed by atoms with E-state index in [4.69, 9.17) is 9.84 Å². The maximum Gasteiger partial charge on any atom is 0.0837 e. The van der Waals surface area contributed by atoms with Crippen LogP contribution in [0.5, 0.6) is 0 Å². The molecule has 2 atom stereocenters. The summed E-state index contributed by atoms with van der Waals surface area (Å²) in [5.74, 6) is 0. The fourth-order valence-corrected chi connectivity index (χ4v) is 1.43. The molecule has 1 aliphatic rings. The van der Waals surface area contributed by atoms with Crippen molar-refractivity contribution in [2.45, 2.75) is 25.2 Å². The summed E-state index contributed by atoms with van der Waals surface area (Å²) in [5.41, 5.74) is 1.75. The number of aliphatic hydroxyl groups is 2. The van der Waals surface area contributed by atoms with E-state index in [2.05, 4.69) is 0 Å². The molecule has 0 bridgehead atoms. The molecule has 3 nitrogen and oxygen atoms in total. The first-order chi connectivity index (χ1) is 6.79. The average molecular weight is 194 g/mol. The van der Waals surface area contributed by atoms with Crippen LogP contribution in [0.1, 0.15) is 23.7 Å². The van der Waals surface area contributed by atoms with Crippen molar-refractivity contribution in [3.05, 3.63) is 35.4 Å². The lowest BCUT2D eigenvalue weighted by Gasteiger charge is -2.09. The Bertz CT molecular complexity index is 290. The number of ether oxygens (including phenoxy) is 1. The van der Waals surface area contributed by atoms with E-state index >= 15 is 0 Å². The monoisotopic (exact) mass is 194 g/mol. The molecule has 0 amide bonds. The summed E-state index contributed by atoms with van der Waals surface area (Å²) in [6, 6.07) is 7.34. The first-order valence-corrected chi connectivity index (χ1v) is 4.79. The van der Waals surface area contributed by atoms with Gasteiger partial charge >= 0.3 is 0 Å². The molecule has 0 aliphatic carbocycles. The third-order valence-electron chi connectivity index (χ3n) is 2.44. The molecular formula is C11H14O3. The molecule has 2 unspecified atom stereocenters. The molecule has 3 heteroatoms. The van der Waals surface area contributed by atoms with Crippen molar-refractivity contribution in [1.82, 2.24) is 0 Å². The molecule has 0 saturated carbocycles. The number of hydrogen-bond donors (Lipinski definition) is 2. The van der Waals surface area contributed by atoms with E-state index in [1.54, 1.807) is 0 Å². The van der Waals surface area contributed by atoms with Gasteiger partial charge in [0.05, 0.1) is 25.4 Å². The largest absolute Gasteiger partial charge is 0.392 e. The molecule has 1 aromatic rings. The Hall–Kier alpha value is -0.900. The quantitative estimate of drug-likeness (QED) is 0.703. The Kier molecular flexibility index (Phi) is 2.82.